The van der Waals surface area contributed by atoms with Crippen molar-refractivity contribution in [2.24, 2.45) is 0 Å². The van der Waals surface area contributed by atoms with Gasteiger partial charge in [-0.3, -0.25) is 4.79 Å². The highest BCUT2D eigenvalue weighted by molar-refractivity contribution is 8.02. The molecule has 0 aliphatic rings. The van der Waals surface area contributed by atoms with Crippen molar-refractivity contribution in [3.8, 4) is 0 Å². The van der Waals surface area contributed by atoms with E-state index in [0.29, 0.717) is 5.56 Å². The zero-order valence-corrected chi connectivity index (χ0v) is 12.3. The Morgan fingerprint density at radius 1 is 1.20 bits per heavy atom. The van der Waals surface area contributed by atoms with E-state index in [9.17, 15) is 9.18 Å². The van der Waals surface area contributed by atoms with Crippen LogP contribution in [-0.4, -0.2) is 5.78 Å². The van der Waals surface area contributed by atoms with E-state index in [1.807, 2.05) is 19.1 Å². The number of aryl methyl sites for hydroxylation is 1. The van der Waals surface area contributed by atoms with Crippen LogP contribution in [0.15, 0.2) is 58.8 Å². The van der Waals surface area contributed by atoms with Crippen LogP contribution in [0.3, 0.4) is 0 Å². The number of halogens is 2. The van der Waals surface area contributed by atoms with Crippen LogP contribution in [0.1, 0.15) is 15.9 Å². The summed E-state index contributed by atoms with van der Waals surface area (Å²) in [6.07, 6.45) is 1.49. The lowest BCUT2D eigenvalue weighted by atomic mass is 10.1. The molecule has 0 unspecified atom stereocenters. The van der Waals surface area contributed by atoms with E-state index < -0.39 is 5.82 Å². The minimum Gasteiger partial charge on any atom is -0.289 e. The average molecular weight is 307 g/mol. The van der Waals surface area contributed by atoms with Gasteiger partial charge in [0.2, 0.25) is 0 Å². The van der Waals surface area contributed by atoms with Crippen LogP contribution in [0.2, 0.25) is 5.02 Å². The van der Waals surface area contributed by atoms with Crippen molar-refractivity contribution in [3.63, 3.8) is 0 Å². The second-order valence-electron chi connectivity index (χ2n) is 4.23. The quantitative estimate of drug-likeness (QED) is 0.434. The summed E-state index contributed by atoms with van der Waals surface area (Å²) in [4.78, 5) is 12.7. The highest BCUT2D eigenvalue weighted by atomic mass is 35.5. The van der Waals surface area contributed by atoms with Crippen LogP contribution in [0.5, 0.6) is 0 Å². The largest absolute Gasteiger partial charge is 0.289 e. The van der Waals surface area contributed by atoms with E-state index in [0.717, 1.165) is 10.5 Å². The Kier molecular flexibility index (Phi) is 4.99. The van der Waals surface area contributed by atoms with Gasteiger partial charge in [-0.2, -0.15) is 0 Å². The molecule has 2 rings (SSSR count). The fraction of sp³-hybridized carbons (Fsp3) is 0.0625. The average Bonchev–Trinajstić information content (AvgIpc) is 2.43. The summed E-state index contributed by atoms with van der Waals surface area (Å²) in [7, 11) is 0. The standard InChI is InChI=1S/C16H12ClFOS/c1-11-2-4-12(5-3-11)16(19)8-9-20-13-6-7-15(18)14(17)10-13/h2-10H,1H3. The Hall–Kier alpha value is -1.58. The molecule has 2 aromatic rings. The van der Waals surface area contributed by atoms with Crippen LogP contribution < -0.4 is 0 Å². The molecule has 0 N–H and O–H groups in total. The van der Waals surface area contributed by atoms with E-state index in [4.69, 9.17) is 11.6 Å². The topological polar surface area (TPSA) is 17.1 Å². The molecule has 0 bridgehead atoms. The van der Waals surface area contributed by atoms with Gasteiger partial charge in [0.15, 0.2) is 5.78 Å². The van der Waals surface area contributed by atoms with E-state index in [-0.39, 0.29) is 10.8 Å². The Morgan fingerprint density at radius 3 is 2.55 bits per heavy atom. The number of hydrogen-bond acceptors (Lipinski definition) is 2. The van der Waals surface area contributed by atoms with Crippen LogP contribution >= 0.6 is 23.4 Å². The number of carbonyl (C=O) groups is 1. The van der Waals surface area contributed by atoms with E-state index in [1.165, 1.54) is 30.0 Å². The van der Waals surface area contributed by atoms with Gasteiger partial charge in [-0.25, -0.2) is 4.39 Å². The highest BCUT2D eigenvalue weighted by Gasteiger charge is 2.02. The van der Waals surface area contributed by atoms with Gasteiger partial charge in [0.25, 0.3) is 0 Å². The van der Waals surface area contributed by atoms with Gasteiger partial charge in [-0.1, -0.05) is 53.2 Å². The van der Waals surface area contributed by atoms with Crippen molar-refractivity contribution in [3.05, 3.63) is 75.9 Å². The smallest absolute Gasteiger partial charge is 0.186 e. The first-order chi connectivity index (χ1) is 9.56. The zero-order valence-electron chi connectivity index (χ0n) is 10.8. The molecule has 0 atom stereocenters. The predicted octanol–water partition coefficient (Wildman–Crippen LogP) is 5.28. The first kappa shape index (κ1) is 14.8. The number of hydrogen-bond donors (Lipinski definition) is 0. The normalized spacial score (nSPS) is 10.9. The third-order valence-corrected chi connectivity index (χ3v) is 3.74. The van der Waals surface area contributed by atoms with Gasteiger partial charge in [0.1, 0.15) is 5.82 Å². The molecule has 0 aliphatic carbocycles. The molecule has 0 radical (unpaired) electrons. The SMILES string of the molecule is Cc1ccc(C(=O)C=CSc2ccc(F)c(Cl)c2)cc1. The molecule has 0 aromatic heterocycles. The maximum atomic E-state index is 13.0. The summed E-state index contributed by atoms with van der Waals surface area (Å²) in [6.45, 7) is 1.97. The Morgan fingerprint density at radius 2 is 1.90 bits per heavy atom. The predicted molar refractivity (Wildman–Crippen MR) is 81.9 cm³/mol. The number of benzene rings is 2. The minimum absolute atomic E-state index is 0.0642. The minimum atomic E-state index is -0.448. The molecule has 0 fully saturated rings. The molecule has 102 valence electrons. The van der Waals surface area contributed by atoms with Gasteiger partial charge < -0.3 is 0 Å². The molecule has 0 spiro atoms. The summed E-state index contributed by atoms with van der Waals surface area (Å²) < 4.78 is 13.0. The lowest BCUT2D eigenvalue weighted by molar-refractivity contribution is 0.104. The lowest BCUT2D eigenvalue weighted by Gasteiger charge is -1.99. The molecule has 0 saturated carbocycles. The zero-order chi connectivity index (χ0) is 14.5. The third kappa shape index (κ3) is 3.95. The van der Waals surface area contributed by atoms with Gasteiger partial charge in [0, 0.05) is 10.5 Å². The Balaban J connectivity index is 2.00. The summed E-state index contributed by atoms with van der Waals surface area (Å²) >= 11 is 7.00. The monoisotopic (exact) mass is 306 g/mol. The van der Waals surface area contributed by atoms with Crippen molar-refractivity contribution >= 4 is 29.1 Å². The fourth-order valence-corrected chi connectivity index (χ4v) is 2.47. The molecule has 0 amide bonds. The first-order valence-corrected chi connectivity index (χ1v) is 7.21. The molecule has 0 aliphatic heterocycles. The summed E-state index contributed by atoms with van der Waals surface area (Å²) in [6, 6.07) is 11.8. The van der Waals surface area contributed by atoms with Crippen molar-refractivity contribution in [1.82, 2.24) is 0 Å². The lowest BCUT2D eigenvalue weighted by Crippen LogP contribution is -1.93. The van der Waals surface area contributed by atoms with E-state index >= 15 is 0 Å². The Bertz CT molecular complexity index is 650. The number of allylic oxidation sites excluding steroid dienone is 1. The van der Waals surface area contributed by atoms with Gasteiger partial charge in [0.05, 0.1) is 5.02 Å². The van der Waals surface area contributed by atoms with Gasteiger partial charge in [-0.05, 0) is 36.6 Å². The maximum absolute atomic E-state index is 13.0. The number of rotatable bonds is 4. The van der Waals surface area contributed by atoms with Gasteiger partial charge in [-0.15, -0.1) is 0 Å². The molecule has 2 aromatic carbocycles. The van der Waals surface area contributed by atoms with Crippen molar-refractivity contribution < 1.29 is 9.18 Å². The molecular formula is C16H12ClFOS. The maximum Gasteiger partial charge on any atom is 0.186 e. The number of ketones is 1. The molecule has 1 nitrogen and oxygen atoms in total. The van der Waals surface area contributed by atoms with E-state index in [1.54, 1.807) is 23.6 Å². The molecular weight excluding hydrogens is 295 g/mol. The van der Waals surface area contributed by atoms with Crippen LogP contribution in [0.4, 0.5) is 4.39 Å². The van der Waals surface area contributed by atoms with E-state index in [2.05, 4.69) is 0 Å². The summed E-state index contributed by atoms with van der Waals surface area (Å²) in [5.74, 6) is -0.513. The van der Waals surface area contributed by atoms with Crippen LogP contribution in [0, 0.1) is 12.7 Å². The summed E-state index contributed by atoms with van der Waals surface area (Å²) in [5, 5.41) is 1.75. The van der Waals surface area contributed by atoms with Crippen molar-refractivity contribution in [2.45, 2.75) is 11.8 Å². The van der Waals surface area contributed by atoms with Crippen molar-refractivity contribution in [1.29, 1.82) is 0 Å². The van der Waals surface area contributed by atoms with Crippen LogP contribution in [-0.2, 0) is 0 Å². The van der Waals surface area contributed by atoms with Crippen LogP contribution in [0.25, 0.3) is 0 Å². The molecule has 0 heterocycles. The second kappa shape index (κ2) is 6.73. The second-order valence-corrected chi connectivity index (χ2v) is 5.61. The summed E-state index contributed by atoms with van der Waals surface area (Å²) in [5.41, 5.74) is 1.76. The first-order valence-electron chi connectivity index (χ1n) is 5.95. The molecule has 0 saturated heterocycles. The number of thioether (sulfide) groups is 1. The third-order valence-electron chi connectivity index (χ3n) is 2.65. The van der Waals surface area contributed by atoms with Crippen molar-refractivity contribution in [2.75, 3.05) is 0 Å². The fourth-order valence-electron chi connectivity index (χ4n) is 1.54. The molecule has 20 heavy (non-hydrogen) atoms. The Labute approximate surface area is 126 Å². The highest BCUT2D eigenvalue weighted by Crippen LogP contribution is 2.24. The molecule has 4 heteroatoms. The number of carbonyl (C=O) groups excluding carboxylic acids is 1. The van der Waals surface area contributed by atoms with Gasteiger partial charge >= 0.3 is 0 Å².